The highest BCUT2D eigenvalue weighted by molar-refractivity contribution is 5.82. The zero-order valence-electron chi connectivity index (χ0n) is 15.0. The summed E-state index contributed by atoms with van der Waals surface area (Å²) in [6.07, 6.45) is 0.830. The van der Waals surface area contributed by atoms with Gasteiger partial charge in [-0.05, 0) is 26.8 Å². The van der Waals surface area contributed by atoms with Crippen molar-refractivity contribution in [3.05, 3.63) is 29.8 Å². The van der Waals surface area contributed by atoms with E-state index in [-0.39, 0.29) is 18.0 Å². The summed E-state index contributed by atoms with van der Waals surface area (Å²) in [6.45, 7) is 11.1. The number of piperazine rings is 1. The SMILES string of the molecule is CC(C)N1CCN(C(C)C(=O)NC2CCOc3ccccc32)CC1. The van der Waals surface area contributed by atoms with Crippen LogP contribution in [0.2, 0.25) is 0 Å². The number of hydrogen-bond donors (Lipinski definition) is 1. The lowest BCUT2D eigenvalue weighted by Crippen LogP contribution is -2.55. The van der Waals surface area contributed by atoms with Crippen LogP contribution < -0.4 is 10.1 Å². The third-order valence-electron chi connectivity index (χ3n) is 5.28. The van der Waals surface area contributed by atoms with Crippen molar-refractivity contribution in [1.82, 2.24) is 15.1 Å². The molecule has 1 aromatic carbocycles. The smallest absolute Gasteiger partial charge is 0.237 e. The zero-order valence-corrected chi connectivity index (χ0v) is 15.0. The van der Waals surface area contributed by atoms with E-state index in [4.69, 9.17) is 4.74 Å². The fourth-order valence-electron chi connectivity index (χ4n) is 3.59. The highest BCUT2D eigenvalue weighted by Crippen LogP contribution is 2.31. The molecular formula is C19H29N3O2. The van der Waals surface area contributed by atoms with Crippen LogP contribution in [0.25, 0.3) is 0 Å². The van der Waals surface area contributed by atoms with Gasteiger partial charge in [-0.15, -0.1) is 0 Å². The first-order chi connectivity index (χ1) is 11.6. The molecule has 1 N–H and O–H groups in total. The molecule has 2 atom stereocenters. The maximum Gasteiger partial charge on any atom is 0.237 e. The number of benzene rings is 1. The Morgan fingerprint density at radius 3 is 2.50 bits per heavy atom. The van der Waals surface area contributed by atoms with Crippen LogP contribution in [0.1, 0.15) is 38.8 Å². The molecule has 2 heterocycles. The van der Waals surface area contributed by atoms with Gasteiger partial charge < -0.3 is 10.1 Å². The summed E-state index contributed by atoms with van der Waals surface area (Å²) in [5.74, 6) is 1.02. The first-order valence-corrected chi connectivity index (χ1v) is 9.06. The number of carbonyl (C=O) groups excluding carboxylic acids is 1. The largest absolute Gasteiger partial charge is 0.493 e. The summed E-state index contributed by atoms with van der Waals surface area (Å²) in [5.41, 5.74) is 1.09. The van der Waals surface area contributed by atoms with Crippen LogP contribution in [0, 0.1) is 0 Å². The molecule has 0 aliphatic carbocycles. The van der Waals surface area contributed by atoms with Gasteiger partial charge in [-0.3, -0.25) is 14.6 Å². The molecule has 3 rings (SSSR count). The van der Waals surface area contributed by atoms with Gasteiger partial charge in [0.1, 0.15) is 5.75 Å². The van der Waals surface area contributed by atoms with Gasteiger partial charge in [0, 0.05) is 44.2 Å². The van der Waals surface area contributed by atoms with Crippen LogP contribution in [0.5, 0.6) is 5.75 Å². The van der Waals surface area contributed by atoms with Crippen molar-refractivity contribution in [1.29, 1.82) is 0 Å². The van der Waals surface area contributed by atoms with E-state index in [1.54, 1.807) is 0 Å². The molecule has 0 aromatic heterocycles. The third kappa shape index (κ3) is 3.73. The Hall–Kier alpha value is -1.59. The number of carbonyl (C=O) groups is 1. The van der Waals surface area contributed by atoms with E-state index in [1.807, 2.05) is 31.2 Å². The second-order valence-corrected chi connectivity index (χ2v) is 7.08. The average Bonchev–Trinajstić information content (AvgIpc) is 2.61. The van der Waals surface area contributed by atoms with Crippen molar-refractivity contribution >= 4 is 5.91 Å². The number of nitrogens with zero attached hydrogens (tertiary/aromatic N) is 2. The summed E-state index contributed by atoms with van der Waals surface area (Å²) < 4.78 is 5.68. The number of rotatable bonds is 4. The first-order valence-electron chi connectivity index (χ1n) is 9.06. The molecule has 1 saturated heterocycles. The fraction of sp³-hybridized carbons (Fsp3) is 0.632. The number of fused-ring (bicyclic) bond motifs is 1. The minimum atomic E-state index is -0.0886. The summed E-state index contributed by atoms with van der Waals surface area (Å²) in [5, 5.41) is 3.23. The predicted molar refractivity (Wildman–Crippen MR) is 95.2 cm³/mol. The molecule has 0 spiro atoms. The molecule has 0 bridgehead atoms. The van der Waals surface area contributed by atoms with Crippen molar-refractivity contribution < 1.29 is 9.53 Å². The van der Waals surface area contributed by atoms with E-state index in [0.717, 1.165) is 43.9 Å². The minimum absolute atomic E-state index is 0.0573. The summed E-state index contributed by atoms with van der Waals surface area (Å²) in [6, 6.07) is 8.54. The molecule has 1 fully saturated rings. The lowest BCUT2D eigenvalue weighted by atomic mass is 10.00. The van der Waals surface area contributed by atoms with Crippen molar-refractivity contribution in [3.8, 4) is 5.75 Å². The number of ether oxygens (including phenoxy) is 1. The van der Waals surface area contributed by atoms with Gasteiger partial charge >= 0.3 is 0 Å². The van der Waals surface area contributed by atoms with Crippen LogP contribution >= 0.6 is 0 Å². The first kappa shape index (κ1) is 17.2. The van der Waals surface area contributed by atoms with Gasteiger partial charge in [0.05, 0.1) is 18.7 Å². The Morgan fingerprint density at radius 1 is 1.12 bits per heavy atom. The number of para-hydroxylation sites is 1. The molecule has 0 radical (unpaired) electrons. The lowest BCUT2D eigenvalue weighted by molar-refractivity contribution is -0.127. The van der Waals surface area contributed by atoms with Crippen molar-refractivity contribution in [2.24, 2.45) is 0 Å². The monoisotopic (exact) mass is 331 g/mol. The summed E-state index contributed by atoms with van der Waals surface area (Å²) in [4.78, 5) is 17.5. The quantitative estimate of drug-likeness (QED) is 0.917. The van der Waals surface area contributed by atoms with E-state index < -0.39 is 0 Å². The molecule has 132 valence electrons. The van der Waals surface area contributed by atoms with Gasteiger partial charge in [-0.1, -0.05) is 18.2 Å². The lowest BCUT2D eigenvalue weighted by Gasteiger charge is -2.39. The Bertz CT molecular complexity index is 567. The maximum atomic E-state index is 12.7. The topological polar surface area (TPSA) is 44.8 Å². The fourth-order valence-corrected chi connectivity index (χ4v) is 3.59. The van der Waals surface area contributed by atoms with E-state index in [9.17, 15) is 4.79 Å². The third-order valence-corrected chi connectivity index (χ3v) is 5.28. The van der Waals surface area contributed by atoms with Gasteiger partial charge in [0.25, 0.3) is 0 Å². The van der Waals surface area contributed by atoms with Crippen LogP contribution in [0.4, 0.5) is 0 Å². The van der Waals surface area contributed by atoms with Crippen molar-refractivity contribution in [3.63, 3.8) is 0 Å². The molecule has 1 aromatic rings. The van der Waals surface area contributed by atoms with Crippen LogP contribution in [-0.4, -0.2) is 60.6 Å². The molecule has 5 nitrogen and oxygen atoms in total. The highest BCUT2D eigenvalue weighted by atomic mass is 16.5. The molecule has 2 unspecified atom stereocenters. The van der Waals surface area contributed by atoms with Gasteiger partial charge in [-0.25, -0.2) is 0 Å². The Kier molecular flexibility index (Phi) is 5.41. The zero-order chi connectivity index (χ0) is 17.1. The van der Waals surface area contributed by atoms with Crippen molar-refractivity contribution in [2.45, 2.75) is 45.3 Å². The second kappa shape index (κ2) is 7.53. The molecule has 0 saturated carbocycles. The van der Waals surface area contributed by atoms with Crippen molar-refractivity contribution in [2.75, 3.05) is 32.8 Å². The minimum Gasteiger partial charge on any atom is -0.493 e. The summed E-state index contributed by atoms with van der Waals surface area (Å²) in [7, 11) is 0. The molecular weight excluding hydrogens is 302 g/mol. The number of nitrogens with one attached hydrogen (secondary N) is 1. The van der Waals surface area contributed by atoms with Crippen LogP contribution in [0.3, 0.4) is 0 Å². The maximum absolute atomic E-state index is 12.7. The van der Waals surface area contributed by atoms with E-state index in [2.05, 4.69) is 29.0 Å². The molecule has 2 aliphatic heterocycles. The summed E-state index contributed by atoms with van der Waals surface area (Å²) >= 11 is 0. The average molecular weight is 331 g/mol. The molecule has 1 amide bonds. The van der Waals surface area contributed by atoms with E-state index in [0.29, 0.717) is 12.6 Å². The van der Waals surface area contributed by atoms with Crippen LogP contribution in [-0.2, 0) is 4.79 Å². The van der Waals surface area contributed by atoms with Gasteiger partial charge in [-0.2, -0.15) is 0 Å². The van der Waals surface area contributed by atoms with Gasteiger partial charge in [0.2, 0.25) is 5.91 Å². The highest BCUT2D eigenvalue weighted by Gasteiger charge is 2.29. The Balaban J connectivity index is 1.58. The number of amides is 1. The standard InChI is InChI=1S/C19H29N3O2/c1-14(2)21-9-11-22(12-10-21)15(3)19(23)20-17-8-13-24-18-7-5-4-6-16(17)18/h4-7,14-15,17H,8-13H2,1-3H3,(H,20,23). The molecule has 24 heavy (non-hydrogen) atoms. The van der Waals surface area contributed by atoms with Crippen LogP contribution in [0.15, 0.2) is 24.3 Å². The normalized spacial score (nSPS) is 23.4. The van der Waals surface area contributed by atoms with E-state index >= 15 is 0 Å². The van der Waals surface area contributed by atoms with Gasteiger partial charge in [0.15, 0.2) is 0 Å². The predicted octanol–water partition coefficient (Wildman–Crippen LogP) is 2.04. The second-order valence-electron chi connectivity index (χ2n) is 7.08. The Morgan fingerprint density at radius 2 is 1.79 bits per heavy atom. The Labute approximate surface area is 145 Å². The van der Waals surface area contributed by atoms with E-state index in [1.165, 1.54) is 0 Å². The molecule has 2 aliphatic rings. The number of hydrogen-bond acceptors (Lipinski definition) is 4. The molecule has 5 heteroatoms.